The van der Waals surface area contributed by atoms with Gasteiger partial charge in [-0.1, -0.05) is 29.5 Å². The van der Waals surface area contributed by atoms with Gasteiger partial charge in [-0.2, -0.15) is 0 Å². The number of benzene rings is 1. The minimum absolute atomic E-state index is 0.0743. The maximum Gasteiger partial charge on any atom is 0.281 e. The van der Waals surface area contributed by atoms with Gasteiger partial charge < -0.3 is 0 Å². The molecule has 3 aromatic heterocycles. The highest BCUT2D eigenvalue weighted by Gasteiger charge is 2.21. The lowest BCUT2D eigenvalue weighted by Crippen LogP contribution is -2.20. The maximum atomic E-state index is 13.2. The van der Waals surface area contributed by atoms with E-state index in [0.717, 1.165) is 29.1 Å². The van der Waals surface area contributed by atoms with Gasteiger partial charge in [0, 0.05) is 31.1 Å². The van der Waals surface area contributed by atoms with E-state index in [1.165, 1.54) is 0 Å². The lowest BCUT2D eigenvalue weighted by molar-refractivity contribution is 0.469. The Morgan fingerprint density at radius 1 is 1.07 bits per heavy atom. The Bertz CT molecular complexity index is 1200. The van der Waals surface area contributed by atoms with Crippen molar-refractivity contribution in [2.75, 3.05) is 0 Å². The van der Waals surface area contributed by atoms with E-state index >= 15 is 0 Å². The molecule has 0 unspecified atom stereocenters. The molecule has 1 atom stereocenters. The van der Waals surface area contributed by atoms with Gasteiger partial charge in [0.05, 0.1) is 23.5 Å². The Balaban J connectivity index is 1.68. The van der Waals surface area contributed by atoms with Crippen LogP contribution < -0.4 is 5.56 Å². The van der Waals surface area contributed by atoms with Gasteiger partial charge in [-0.25, -0.2) is 9.36 Å². The zero-order valence-corrected chi connectivity index (χ0v) is 17.1. The number of nitrogens with zero attached hydrogens (tertiary/aromatic N) is 6. The average molecular weight is 388 g/mol. The van der Waals surface area contributed by atoms with E-state index in [1.807, 2.05) is 65.9 Å². The third-order valence-corrected chi connectivity index (χ3v) is 5.38. The van der Waals surface area contributed by atoms with Crippen LogP contribution in [0.25, 0.3) is 16.9 Å². The van der Waals surface area contributed by atoms with Gasteiger partial charge in [0.2, 0.25) is 0 Å². The molecule has 0 aliphatic heterocycles. The average Bonchev–Trinajstić information content (AvgIpc) is 3.28. The van der Waals surface area contributed by atoms with Crippen LogP contribution in [0.3, 0.4) is 0 Å². The molecule has 0 amide bonds. The third-order valence-electron chi connectivity index (χ3n) is 5.38. The van der Waals surface area contributed by atoms with Gasteiger partial charge in [0.25, 0.3) is 5.56 Å². The first kappa shape index (κ1) is 18.9. The first-order chi connectivity index (χ1) is 14.0. The van der Waals surface area contributed by atoms with E-state index in [1.54, 1.807) is 10.9 Å². The molecule has 29 heavy (non-hydrogen) atoms. The number of hydrogen-bond acceptors (Lipinski definition) is 4. The fourth-order valence-electron chi connectivity index (χ4n) is 3.58. The van der Waals surface area contributed by atoms with Crippen LogP contribution in [0.1, 0.15) is 29.9 Å². The summed E-state index contributed by atoms with van der Waals surface area (Å²) in [7, 11) is 1.88. The minimum atomic E-state index is -0.100. The molecule has 3 heterocycles. The number of rotatable bonds is 5. The fourth-order valence-corrected chi connectivity index (χ4v) is 3.58. The third kappa shape index (κ3) is 3.40. The topological polar surface area (TPSA) is 70.5 Å². The van der Waals surface area contributed by atoms with Crippen LogP contribution in [0.5, 0.6) is 0 Å². The molecule has 0 saturated carbocycles. The van der Waals surface area contributed by atoms with E-state index in [0.29, 0.717) is 11.3 Å². The molecule has 0 aliphatic rings. The van der Waals surface area contributed by atoms with Crippen molar-refractivity contribution in [1.29, 1.82) is 0 Å². The molecule has 0 aliphatic carbocycles. The summed E-state index contributed by atoms with van der Waals surface area (Å²) in [6, 6.07) is 13.7. The van der Waals surface area contributed by atoms with Crippen molar-refractivity contribution >= 4 is 0 Å². The molecule has 1 aromatic carbocycles. The summed E-state index contributed by atoms with van der Waals surface area (Å²) < 4.78 is 5.32. The van der Waals surface area contributed by atoms with E-state index < -0.39 is 0 Å². The van der Waals surface area contributed by atoms with Crippen molar-refractivity contribution in [2.45, 2.75) is 33.2 Å². The lowest BCUT2D eigenvalue weighted by atomic mass is 10.1. The molecule has 4 aromatic rings. The van der Waals surface area contributed by atoms with E-state index in [2.05, 4.69) is 35.2 Å². The molecule has 0 saturated heterocycles. The molecule has 148 valence electrons. The summed E-state index contributed by atoms with van der Waals surface area (Å²) in [5, 5.41) is 8.60. The number of pyridine rings is 1. The van der Waals surface area contributed by atoms with Crippen LogP contribution in [-0.2, 0) is 13.5 Å². The van der Waals surface area contributed by atoms with Crippen LogP contribution in [0.4, 0.5) is 0 Å². The molecule has 0 bridgehead atoms. The largest absolute Gasteiger partial charge is 0.285 e. The Labute approximate surface area is 169 Å². The maximum absolute atomic E-state index is 13.2. The highest BCUT2D eigenvalue weighted by Crippen LogP contribution is 2.21. The molecule has 4 rings (SSSR count). The molecule has 0 radical (unpaired) electrons. The van der Waals surface area contributed by atoms with Crippen LogP contribution >= 0.6 is 0 Å². The summed E-state index contributed by atoms with van der Waals surface area (Å²) >= 11 is 0. The Kier molecular flexibility index (Phi) is 4.88. The summed E-state index contributed by atoms with van der Waals surface area (Å²) in [6.07, 6.45) is 4.40. The van der Waals surface area contributed by atoms with Crippen molar-refractivity contribution in [2.24, 2.45) is 7.05 Å². The van der Waals surface area contributed by atoms with Crippen molar-refractivity contribution in [3.63, 3.8) is 0 Å². The smallest absolute Gasteiger partial charge is 0.281 e. The number of aryl methyl sites for hydroxylation is 1. The van der Waals surface area contributed by atoms with Crippen molar-refractivity contribution in [3.05, 3.63) is 82.2 Å². The summed E-state index contributed by atoms with van der Waals surface area (Å²) in [4.78, 5) is 17.6. The first-order valence-electron chi connectivity index (χ1n) is 9.64. The van der Waals surface area contributed by atoms with Gasteiger partial charge in [-0.3, -0.25) is 14.5 Å². The van der Waals surface area contributed by atoms with Crippen LogP contribution in [0, 0.1) is 13.8 Å². The Hall–Kier alpha value is -3.48. The molecule has 0 N–H and O–H groups in total. The first-order valence-corrected chi connectivity index (χ1v) is 9.64. The Morgan fingerprint density at radius 2 is 1.83 bits per heavy atom. The van der Waals surface area contributed by atoms with E-state index in [9.17, 15) is 4.79 Å². The highest BCUT2D eigenvalue weighted by atomic mass is 16.1. The minimum Gasteiger partial charge on any atom is -0.285 e. The van der Waals surface area contributed by atoms with Crippen LogP contribution in [0.2, 0.25) is 0 Å². The molecule has 0 fully saturated rings. The number of hydrogen-bond donors (Lipinski definition) is 0. The van der Waals surface area contributed by atoms with Gasteiger partial charge in [0.1, 0.15) is 5.69 Å². The van der Waals surface area contributed by atoms with E-state index in [4.69, 9.17) is 0 Å². The quantitative estimate of drug-likeness (QED) is 0.526. The predicted molar refractivity (Wildman–Crippen MR) is 112 cm³/mol. The van der Waals surface area contributed by atoms with Crippen molar-refractivity contribution in [1.82, 2.24) is 29.3 Å². The molecular formula is C22H24N6O. The molecule has 7 heteroatoms. The van der Waals surface area contributed by atoms with Crippen molar-refractivity contribution < 1.29 is 0 Å². The predicted octanol–water partition coefficient (Wildman–Crippen LogP) is 3.25. The highest BCUT2D eigenvalue weighted by molar-refractivity contribution is 5.60. The second-order valence-corrected chi connectivity index (χ2v) is 7.34. The molecular weight excluding hydrogens is 364 g/mol. The van der Waals surface area contributed by atoms with Gasteiger partial charge in [-0.05, 0) is 44.5 Å². The Morgan fingerprint density at radius 3 is 2.55 bits per heavy atom. The SMILES string of the molecule is Cc1cccnc1C[C@@H](C)n1cc(-c2c(C)n(C)n(-c3ccccc3)c2=O)nn1. The summed E-state index contributed by atoms with van der Waals surface area (Å²) in [6.45, 7) is 6.06. The summed E-state index contributed by atoms with van der Waals surface area (Å²) in [5.41, 5.74) is 4.92. The molecule has 7 nitrogen and oxygen atoms in total. The van der Waals surface area contributed by atoms with Gasteiger partial charge >= 0.3 is 0 Å². The number of para-hydroxylation sites is 1. The normalized spacial score (nSPS) is 12.3. The monoisotopic (exact) mass is 388 g/mol. The van der Waals surface area contributed by atoms with Gasteiger partial charge in [0.15, 0.2) is 0 Å². The summed E-state index contributed by atoms with van der Waals surface area (Å²) in [5.74, 6) is 0. The second kappa shape index (κ2) is 7.50. The zero-order chi connectivity index (χ0) is 20.5. The van der Waals surface area contributed by atoms with E-state index in [-0.39, 0.29) is 11.6 Å². The lowest BCUT2D eigenvalue weighted by Gasteiger charge is -2.12. The standard InChI is InChI=1S/C22H24N6O/c1-15-9-8-12-23-19(15)13-16(2)27-14-20(24-25-27)21-17(3)26(4)28(22(21)29)18-10-6-5-7-11-18/h5-12,14,16H,13H2,1-4H3/t16-/m1/s1. The zero-order valence-electron chi connectivity index (χ0n) is 17.1. The van der Waals surface area contributed by atoms with Crippen LogP contribution in [-0.4, -0.2) is 29.3 Å². The molecule has 0 spiro atoms. The second-order valence-electron chi connectivity index (χ2n) is 7.34. The van der Waals surface area contributed by atoms with Crippen LogP contribution in [0.15, 0.2) is 59.7 Å². The van der Waals surface area contributed by atoms with Crippen molar-refractivity contribution in [3.8, 4) is 16.9 Å². The van der Waals surface area contributed by atoms with Gasteiger partial charge in [-0.15, -0.1) is 5.10 Å². The fraction of sp³-hybridized carbons (Fsp3) is 0.273. The number of aromatic nitrogens is 6.